The first-order chi connectivity index (χ1) is 9.58. The smallest absolute Gasteiger partial charge is 0.387 e. The Morgan fingerprint density at radius 2 is 1.95 bits per heavy atom. The van der Waals surface area contributed by atoms with Gasteiger partial charge in [0.25, 0.3) is 0 Å². The van der Waals surface area contributed by atoms with Gasteiger partial charge in [-0.05, 0) is 36.5 Å². The molecule has 21 heavy (non-hydrogen) atoms. The van der Waals surface area contributed by atoms with Crippen molar-refractivity contribution in [3.05, 3.63) is 29.8 Å². The molecule has 1 atom stereocenters. The van der Waals surface area contributed by atoms with Gasteiger partial charge in [-0.3, -0.25) is 4.79 Å². The average Bonchev–Trinajstić information content (AvgIpc) is 3.22. The van der Waals surface area contributed by atoms with Crippen LogP contribution in [0.2, 0.25) is 0 Å². The van der Waals surface area contributed by atoms with Crippen LogP contribution in [0.1, 0.15) is 18.4 Å². The molecule has 1 unspecified atom stereocenters. The first-order valence-electron chi connectivity index (χ1n) is 6.61. The van der Waals surface area contributed by atoms with Gasteiger partial charge in [0.2, 0.25) is 5.91 Å². The fourth-order valence-corrected chi connectivity index (χ4v) is 2.10. The van der Waals surface area contributed by atoms with Crippen molar-refractivity contribution in [3.8, 4) is 5.75 Å². The van der Waals surface area contributed by atoms with Crippen molar-refractivity contribution in [2.75, 3.05) is 6.54 Å². The Balaban J connectivity index is 0.00000220. The molecule has 0 aromatic heterocycles. The number of benzene rings is 1. The van der Waals surface area contributed by atoms with E-state index >= 15 is 0 Å². The molecule has 4 nitrogen and oxygen atoms in total. The second-order valence-corrected chi connectivity index (χ2v) is 4.95. The van der Waals surface area contributed by atoms with Crippen LogP contribution in [0.15, 0.2) is 24.3 Å². The molecule has 0 spiro atoms. The molecule has 0 saturated heterocycles. The van der Waals surface area contributed by atoms with Crippen LogP contribution >= 0.6 is 12.4 Å². The summed E-state index contributed by atoms with van der Waals surface area (Å²) in [4.78, 5) is 11.9. The first-order valence-corrected chi connectivity index (χ1v) is 6.61. The second-order valence-electron chi connectivity index (χ2n) is 4.95. The molecule has 1 aromatic rings. The SMILES string of the molecule is Cl.NCC(NC(=O)Cc1ccc(OC(F)F)cc1)C1CC1. The number of carbonyl (C=O) groups is 1. The van der Waals surface area contributed by atoms with Crippen molar-refractivity contribution in [2.45, 2.75) is 31.9 Å². The van der Waals surface area contributed by atoms with Crippen molar-refractivity contribution < 1.29 is 18.3 Å². The van der Waals surface area contributed by atoms with Crippen LogP contribution in [0.4, 0.5) is 8.78 Å². The molecular formula is C14H19ClF2N2O2. The molecule has 1 aliphatic rings. The lowest BCUT2D eigenvalue weighted by Gasteiger charge is -2.16. The number of alkyl halides is 2. The lowest BCUT2D eigenvalue weighted by Crippen LogP contribution is -2.42. The maximum Gasteiger partial charge on any atom is 0.387 e. The number of amides is 1. The fraction of sp³-hybridized carbons (Fsp3) is 0.500. The van der Waals surface area contributed by atoms with Gasteiger partial charge in [0.1, 0.15) is 5.75 Å². The van der Waals surface area contributed by atoms with E-state index < -0.39 is 6.61 Å². The molecule has 2 rings (SSSR count). The van der Waals surface area contributed by atoms with E-state index in [1.54, 1.807) is 12.1 Å². The molecular weight excluding hydrogens is 302 g/mol. The van der Waals surface area contributed by atoms with E-state index in [0.29, 0.717) is 12.5 Å². The summed E-state index contributed by atoms with van der Waals surface area (Å²) in [7, 11) is 0. The molecule has 7 heteroatoms. The second kappa shape index (κ2) is 8.14. The molecule has 1 aromatic carbocycles. The minimum Gasteiger partial charge on any atom is -0.435 e. The number of halogens is 3. The number of rotatable bonds is 7. The normalized spacial score (nSPS) is 15.2. The van der Waals surface area contributed by atoms with Gasteiger partial charge in [-0.2, -0.15) is 8.78 Å². The highest BCUT2D eigenvalue weighted by Gasteiger charge is 2.31. The Hall–Kier alpha value is -1.40. The fourth-order valence-electron chi connectivity index (χ4n) is 2.10. The van der Waals surface area contributed by atoms with Crippen LogP contribution in [0, 0.1) is 5.92 Å². The Morgan fingerprint density at radius 3 is 2.43 bits per heavy atom. The largest absolute Gasteiger partial charge is 0.435 e. The van der Waals surface area contributed by atoms with Gasteiger partial charge in [0.05, 0.1) is 6.42 Å². The highest BCUT2D eigenvalue weighted by Crippen LogP contribution is 2.32. The molecule has 1 aliphatic carbocycles. The van der Waals surface area contributed by atoms with Gasteiger partial charge in [-0.1, -0.05) is 12.1 Å². The number of hydrogen-bond acceptors (Lipinski definition) is 3. The van der Waals surface area contributed by atoms with Crippen molar-refractivity contribution in [1.29, 1.82) is 0 Å². The molecule has 3 N–H and O–H groups in total. The Bertz CT molecular complexity index is 453. The zero-order chi connectivity index (χ0) is 14.5. The van der Waals surface area contributed by atoms with E-state index in [4.69, 9.17) is 5.73 Å². The zero-order valence-electron chi connectivity index (χ0n) is 11.4. The van der Waals surface area contributed by atoms with E-state index in [1.165, 1.54) is 12.1 Å². The van der Waals surface area contributed by atoms with E-state index in [2.05, 4.69) is 10.1 Å². The maximum atomic E-state index is 12.0. The number of hydrogen-bond donors (Lipinski definition) is 2. The van der Waals surface area contributed by atoms with Gasteiger partial charge < -0.3 is 15.8 Å². The molecule has 1 fully saturated rings. The maximum absolute atomic E-state index is 12.0. The van der Waals surface area contributed by atoms with Gasteiger partial charge in [-0.25, -0.2) is 0 Å². The highest BCUT2D eigenvalue weighted by molar-refractivity contribution is 5.85. The number of carbonyl (C=O) groups excluding carboxylic acids is 1. The van der Waals surface area contributed by atoms with E-state index in [0.717, 1.165) is 18.4 Å². The zero-order valence-corrected chi connectivity index (χ0v) is 12.2. The van der Waals surface area contributed by atoms with Crippen molar-refractivity contribution in [2.24, 2.45) is 11.7 Å². The van der Waals surface area contributed by atoms with E-state index in [-0.39, 0.29) is 36.5 Å². The molecule has 0 bridgehead atoms. The Morgan fingerprint density at radius 1 is 1.33 bits per heavy atom. The van der Waals surface area contributed by atoms with Gasteiger partial charge >= 0.3 is 6.61 Å². The van der Waals surface area contributed by atoms with Gasteiger partial charge in [0, 0.05) is 12.6 Å². The van der Waals surface area contributed by atoms with Crippen molar-refractivity contribution >= 4 is 18.3 Å². The molecule has 118 valence electrons. The summed E-state index contributed by atoms with van der Waals surface area (Å²) in [5.74, 6) is 0.489. The molecule has 0 aliphatic heterocycles. The standard InChI is InChI=1S/C14H18F2N2O2.ClH/c15-14(16)20-11-5-1-9(2-6-11)7-13(19)18-12(8-17)10-3-4-10;/h1-2,5-6,10,12,14H,3-4,7-8,17H2,(H,18,19);1H. The summed E-state index contributed by atoms with van der Waals surface area (Å²) in [6.07, 6.45) is 2.43. The van der Waals surface area contributed by atoms with Crippen LogP contribution in [-0.2, 0) is 11.2 Å². The third-order valence-corrected chi connectivity index (χ3v) is 3.30. The predicted octanol–water partition coefficient (Wildman–Crippen LogP) is 2.11. The Labute approximate surface area is 128 Å². The third kappa shape index (κ3) is 5.85. The summed E-state index contributed by atoms with van der Waals surface area (Å²) in [6, 6.07) is 6.10. The van der Waals surface area contributed by atoms with Crippen LogP contribution in [0.25, 0.3) is 0 Å². The number of nitrogens with two attached hydrogens (primary N) is 1. The van der Waals surface area contributed by atoms with Crippen molar-refractivity contribution in [1.82, 2.24) is 5.32 Å². The summed E-state index contributed by atoms with van der Waals surface area (Å²) in [5, 5.41) is 2.91. The summed E-state index contributed by atoms with van der Waals surface area (Å²) >= 11 is 0. The molecule has 0 heterocycles. The quantitative estimate of drug-likeness (QED) is 0.808. The lowest BCUT2D eigenvalue weighted by molar-refractivity contribution is -0.121. The summed E-state index contributed by atoms with van der Waals surface area (Å²) in [5.41, 5.74) is 6.37. The van der Waals surface area contributed by atoms with Crippen LogP contribution in [0.5, 0.6) is 5.75 Å². The summed E-state index contributed by atoms with van der Waals surface area (Å²) in [6.45, 7) is -2.40. The highest BCUT2D eigenvalue weighted by atomic mass is 35.5. The lowest BCUT2D eigenvalue weighted by atomic mass is 10.1. The first kappa shape index (κ1) is 17.7. The van der Waals surface area contributed by atoms with Crippen molar-refractivity contribution in [3.63, 3.8) is 0 Å². The van der Waals surface area contributed by atoms with Gasteiger partial charge in [0.15, 0.2) is 0 Å². The van der Waals surface area contributed by atoms with Crippen LogP contribution in [-0.4, -0.2) is 25.1 Å². The summed E-state index contributed by atoms with van der Waals surface area (Å²) < 4.78 is 28.2. The molecule has 1 amide bonds. The molecule has 0 radical (unpaired) electrons. The van der Waals surface area contributed by atoms with Crippen LogP contribution in [0.3, 0.4) is 0 Å². The monoisotopic (exact) mass is 320 g/mol. The predicted molar refractivity (Wildman–Crippen MR) is 77.7 cm³/mol. The van der Waals surface area contributed by atoms with E-state index in [9.17, 15) is 13.6 Å². The average molecular weight is 321 g/mol. The minimum absolute atomic E-state index is 0. The Kier molecular flexibility index (Phi) is 6.84. The van der Waals surface area contributed by atoms with Crippen LogP contribution < -0.4 is 15.8 Å². The molecule has 1 saturated carbocycles. The number of nitrogens with one attached hydrogen (secondary N) is 1. The third-order valence-electron chi connectivity index (χ3n) is 3.30. The number of ether oxygens (including phenoxy) is 1. The minimum atomic E-state index is -2.84. The van der Waals surface area contributed by atoms with Gasteiger partial charge in [-0.15, -0.1) is 12.4 Å². The van der Waals surface area contributed by atoms with E-state index in [1.807, 2.05) is 0 Å². The topological polar surface area (TPSA) is 64.3 Å².